The van der Waals surface area contributed by atoms with Gasteiger partial charge in [0.25, 0.3) is 0 Å². The van der Waals surface area contributed by atoms with Crippen molar-refractivity contribution in [3.63, 3.8) is 0 Å². The number of rotatable bonds is 5. The molecular formula is C23H23FN3O3+. The van der Waals surface area contributed by atoms with Crippen molar-refractivity contribution in [3.05, 3.63) is 89.6 Å². The largest absolute Gasteiger partial charge is 0.463 e. The summed E-state index contributed by atoms with van der Waals surface area (Å²) < 4.78 is 18.9. The predicted molar refractivity (Wildman–Crippen MR) is 109 cm³/mol. The van der Waals surface area contributed by atoms with Crippen molar-refractivity contribution in [1.29, 1.82) is 0 Å². The van der Waals surface area contributed by atoms with E-state index in [1.165, 1.54) is 34.2 Å². The molecule has 2 amide bonds. The third-order valence-electron chi connectivity index (χ3n) is 5.39. The lowest BCUT2D eigenvalue weighted by atomic mass is 9.98. The summed E-state index contributed by atoms with van der Waals surface area (Å²) in [5, 5.41) is 5.11. The van der Waals surface area contributed by atoms with E-state index in [0.717, 1.165) is 31.3 Å². The van der Waals surface area contributed by atoms with Crippen molar-refractivity contribution in [2.75, 3.05) is 18.4 Å². The summed E-state index contributed by atoms with van der Waals surface area (Å²) in [5.41, 5.74) is 2.86. The van der Waals surface area contributed by atoms with Crippen molar-refractivity contribution in [1.82, 2.24) is 5.32 Å². The minimum Gasteiger partial charge on any atom is -0.463 e. The molecule has 7 heteroatoms. The smallest absolute Gasteiger partial charge is 0.313 e. The molecule has 1 aliphatic rings. The maximum absolute atomic E-state index is 13.3. The quantitative estimate of drug-likeness (QED) is 0.564. The fraction of sp³-hybridized carbons (Fsp3) is 0.217. The Bertz CT molecular complexity index is 1040. The molecule has 0 bridgehead atoms. The predicted octanol–water partition coefficient (Wildman–Crippen LogP) is 1.86. The third-order valence-corrected chi connectivity index (χ3v) is 5.39. The van der Waals surface area contributed by atoms with E-state index < -0.39 is 17.6 Å². The Kier molecular flexibility index (Phi) is 5.90. The number of furan rings is 1. The van der Waals surface area contributed by atoms with Gasteiger partial charge < -0.3 is 20.0 Å². The second kappa shape index (κ2) is 8.92. The Labute approximate surface area is 173 Å². The Morgan fingerprint density at radius 2 is 1.87 bits per heavy atom. The highest BCUT2D eigenvalue weighted by Crippen LogP contribution is 2.15. The first-order valence-electron chi connectivity index (χ1n) is 9.89. The molecule has 1 aromatic heterocycles. The van der Waals surface area contributed by atoms with Crippen LogP contribution >= 0.6 is 0 Å². The molecule has 0 saturated heterocycles. The molecule has 0 radical (unpaired) electrons. The van der Waals surface area contributed by atoms with Gasteiger partial charge in [0.2, 0.25) is 0 Å². The van der Waals surface area contributed by atoms with Crippen molar-refractivity contribution in [3.8, 4) is 0 Å². The molecule has 3 N–H and O–H groups in total. The number of halogens is 1. The van der Waals surface area contributed by atoms with E-state index >= 15 is 0 Å². The number of quaternary nitrogens is 1. The summed E-state index contributed by atoms with van der Waals surface area (Å²) in [4.78, 5) is 25.8. The molecule has 6 nitrogen and oxygen atoms in total. The van der Waals surface area contributed by atoms with E-state index in [9.17, 15) is 14.0 Å². The zero-order chi connectivity index (χ0) is 20.9. The van der Waals surface area contributed by atoms with Crippen LogP contribution in [-0.2, 0) is 22.6 Å². The molecule has 1 aliphatic heterocycles. The number of amides is 2. The average Bonchev–Trinajstić information content (AvgIpc) is 3.28. The van der Waals surface area contributed by atoms with E-state index in [1.807, 2.05) is 24.3 Å². The van der Waals surface area contributed by atoms with Crippen molar-refractivity contribution in [2.45, 2.75) is 19.0 Å². The molecule has 1 unspecified atom stereocenters. The number of hydrogen-bond acceptors (Lipinski definition) is 3. The van der Waals surface area contributed by atoms with E-state index in [2.05, 4.69) is 22.8 Å². The standard InChI is InChI=1S/C23H22FN3O3/c24-18-7-3-8-19(13-18)26-23(29)22(28)25-14-20(21-9-4-12-30-21)27-11-10-16-5-1-2-6-17(16)15-27/h1-9,12-13,20H,10-11,14-15H2,(H,25,28)(H,26,29)/p+1/t20-/m1/s1. The molecule has 2 aromatic carbocycles. The van der Waals surface area contributed by atoms with Crippen LogP contribution in [0.4, 0.5) is 10.1 Å². The van der Waals surface area contributed by atoms with Gasteiger partial charge in [-0.3, -0.25) is 9.59 Å². The molecule has 30 heavy (non-hydrogen) atoms. The van der Waals surface area contributed by atoms with Gasteiger partial charge in [-0.2, -0.15) is 0 Å². The van der Waals surface area contributed by atoms with Gasteiger partial charge in [-0.15, -0.1) is 0 Å². The SMILES string of the molecule is O=C(NC[C@H](c1ccco1)[NH+]1CCc2ccccc2C1)C(=O)Nc1cccc(F)c1. The van der Waals surface area contributed by atoms with Crippen LogP contribution in [-0.4, -0.2) is 24.9 Å². The average molecular weight is 408 g/mol. The first-order chi connectivity index (χ1) is 14.6. The van der Waals surface area contributed by atoms with E-state index in [4.69, 9.17) is 4.42 Å². The lowest BCUT2D eigenvalue weighted by molar-refractivity contribution is -0.946. The summed E-state index contributed by atoms with van der Waals surface area (Å²) in [6.07, 6.45) is 2.55. The second-order valence-corrected chi connectivity index (χ2v) is 7.35. The van der Waals surface area contributed by atoms with Crippen molar-refractivity contribution < 1.29 is 23.3 Å². The fourth-order valence-electron chi connectivity index (χ4n) is 3.86. The Morgan fingerprint density at radius 1 is 1.03 bits per heavy atom. The van der Waals surface area contributed by atoms with Crippen LogP contribution in [0.1, 0.15) is 22.9 Å². The highest BCUT2D eigenvalue weighted by atomic mass is 19.1. The maximum atomic E-state index is 13.3. The number of anilines is 1. The van der Waals surface area contributed by atoms with Gasteiger partial charge in [0.15, 0.2) is 11.8 Å². The van der Waals surface area contributed by atoms with E-state index in [0.29, 0.717) is 0 Å². The molecular weight excluding hydrogens is 385 g/mol. The molecule has 0 fully saturated rings. The van der Waals surface area contributed by atoms with Crippen LogP contribution in [0.2, 0.25) is 0 Å². The van der Waals surface area contributed by atoms with Gasteiger partial charge in [-0.25, -0.2) is 4.39 Å². The summed E-state index contributed by atoms with van der Waals surface area (Å²) in [6, 6.07) is 17.3. The Balaban J connectivity index is 1.42. The number of hydrogen-bond donors (Lipinski definition) is 3. The van der Waals surface area contributed by atoms with Crippen LogP contribution in [0.25, 0.3) is 0 Å². The zero-order valence-electron chi connectivity index (χ0n) is 16.4. The third kappa shape index (κ3) is 4.58. The Morgan fingerprint density at radius 3 is 2.63 bits per heavy atom. The molecule has 154 valence electrons. The van der Waals surface area contributed by atoms with Crippen molar-refractivity contribution in [2.24, 2.45) is 0 Å². The number of benzene rings is 2. The normalized spacial score (nSPS) is 16.4. The molecule has 2 heterocycles. The van der Waals surface area contributed by atoms with Crippen LogP contribution in [0, 0.1) is 5.82 Å². The maximum Gasteiger partial charge on any atom is 0.313 e. The summed E-state index contributed by atoms with van der Waals surface area (Å²) in [7, 11) is 0. The first kappa shape index (κ1) is 19.8. The molecule has 3 aromatic rings. The monoisotopic (exact) mass is 408 g/mol. The lowest BCUT2D eigenvalue weighted by Gasteiger charge is -2.31. The van der Waals surface area contributed by atoms with Crippen LogP contribution < -0.4 is 15.5 Å². The molecule has 2 atom stereocenters. The molecule has 4 rings (SSSR count). The fourth-order valence-corrected chi connectivity index (χ4v) is 3.86. The van der Waals surface area contributed by atoms with E-state index in [1.54, 1.807) is 6.26 Å². The van der Waals surface area contributed by atoms with Gasteiger partial charge in [0, 0.05) is 17.7 Å². The molecule has 0 spiro atoms. The number of carbonyl (C=O) groups excluding carboxylic acids is 2. The zero-order valence-corrected chi connectivity index (χ0v) is 16.4. The summed E-state index contributed by atoms with van der Waals surface area (Å²) in [5.74, 6) is -1.33. The molecule has 0 aliphatic carbocycles. The van der Waals surface area contributed by atoms with Gasteiger partial charge >= 0.3 is 11.8 Å². The van der Waals surface area contributed by atoms with Gasteiger partial charge in [0.05, 0.1) is 19.4 Å². The minimum absolute atomic E-state index is 0.126. The minimum atomic E-state index is -0.835. The van der Waals surface area contributed by atoms with Gasteiger partial charge in [-0.05, 0) is 35.9 Å². The second-order valence-electron chi connectivity index (χ2n) is 7.35. The van der Waals surface area contributed by atoms with Gasteiger partial charge in [-0.1, -0.05) is 30.3 Å². The first-order valence-corrected chi connectivity index (χ1v) is 9.89. The van der Waals surface area contributed by atoms with E-state index in [-0.39, 0.29) is 18.3 Å². The van der Waals surface area contributed by atoms with Crippen LogP contribution in [0.3, 0.4) is 0 Å². The lowest BCUT2D eigenvalue weighted by Crippen LogP contribution is -3.12. The van der Waals surface area contributed by atoms with Gasteiger partial charge in [0.1, 0.15) is 12.4 Å². The van der Waals surface area contributed by atoms with Crippen molar-refractivity contribution >= 4 is 17.5 Å². The topological polar surface area (TPSA) is 75.8 Å². The highest BCUT2D eigenvalue weighted by molar-refractivity contribution is 6.39. The number of fused-ring (bicyclic) bond motifs is 1. The highest BCUT2D eigenvalue weighted by Gasteiger charge is 2.31. The molecule has 0 saturated carbocycles. The summed E-state index contributed by atoms with van der Waals surface area (Å²) >= 11 is 0. The number of nitrogens with one attached hydrogen (secondary N) is 3. The summed E-state index contributed by atoms with van der Waals surface area (Å²) in [6.45, 7) is 1.96. The van der Waals surface area contributed by atoms with Crippen LogP contribution in [0.15, 0.2) is 71.3 Å². The Hall–Kier alpha value is -3.45. The van der Waals surface area contributed by atoms with Crippen LogP contribution in [0.5, 0.6) is 0 Å². The number of carbonyl (C=O) groups is 2.